The van der Waals surface area contributed by atoms with Crippen molar-refractivity contribution in [3.63, 3.8) is 0 Å². The molecule has 0 atom stereocenters. The van der Waals surface area contributed by atoms with Gasteiger partial charge in [-0.3, -0.25) is 4.98 Å². The Morgan fingerprint density at radius 3 is 3.00 bits per heavy atom. The number of hydrogen-bond donors (Lipinski definition) is 0. The van der Waals surface area contributed by atoms with E-state index in [1.807, 2.05) is 13.0 Å². The second-order valence-corrected chi connectivity index (χ2v) is 3.47. The van der Waals surface area contributed by atoms with E-state index in [1.165, 1.54) is 12.8 Å². The molecule has 1 fully saturated rings. The molecule has 0 spiro atoms. The van der Waals surface area contributed by atoms with Crippen molar-refractivity contribution in [3.05, 3.63) is 30.6 Å². The third-order valence-corrected chi connectivity index (χ3v) is 2.06. The first-order chi connectivity index (χ1) is 6.27. The minimum absolute atomic E-state index is 0.419. The van der Waals surface area contributed by atoms with E-state index in [9.17, 15) is 0 Å². The highest BCUT2D eigenvalue weighted by Crippen LogP contribution is 2.30. The van der Waals surface area contributed by atoms with Crippen LogP contribution in [-0.4, -0.2) is 11.1 Å². The lowest BCUT2D eigenvalue weighted by Gasteiger charge is -2.09. The van der Waals surface area contributed by atoms with Gasteiger partial charge in [-0.05, 0) is 31.4 Å². The fourth-order valence-corrected chi connectivity index (χ4v) is 1.19. The molecule has 0 N–H and O–H groups in total. The Balaban J connectivity index is 2.25. The largest absolute Gasteiger partial charge is 0.488 e. The number of ether oxygens (including phenoxy) is 1. The second-order valence-electron chi connectivity index (χ2n) is 3.47. The zero-order valence-electron chi connectivity index (χ0n) is 7.79. The van der Waals surface area contributed by atoms with Gasteiger partial charge in [-0.15, -0.1) is 0 Å². The molecule has 1 aliphatic rings. The van der Waals surface area contributed by atoms with Crippen molar-refractivity contribution >= 4 is 5.57 Å². The lowest BCUT2D eigenvalue weighted by Crippen LogP contribution is -1.99. The van der Waals surface area contributed by atoms with Crippen molar-refractivity contribution in [1.82, 2.24) is 4.98 Å². The Bertz CT molecular complexity index is 329. The molecule has 2 rings (SSSR count). The summed E-state index contributed by atoms with van der Waals surface area (Å²) < 4.78 is 5.69. The number of allylic oxidation sites excluding steroid dienone is 1. The normalized spacial score (nSPS) is 15.5. The minimum atomic E-state index is 0.419. The SMILES string of the molecule is C=C(C)c1ccncc1OC1CC1. The molecule has 0 radical (unpaired) electrons. The molecule has 2 heteroatoms. The van der Waals surface area contributed by atoms with E-state index in [1.54, 1.807) is 12.4 Å². The van der Waals surface area contributed by atoms with Gasteiger partial charge < -0.3 is 4.74 Å². The molecule has 0 unspecified atom stereocenters. The van der Waals surface area contributed by atoms with Crippen LogP contribution in [0.15, 0.2) is 25.0 Å². The van der Waals surface area contributed by atoms with Crippen molar-refractivity contribution in [3.8, 4) is 5.75 Å². The van der Waals surface area contributed by atoms with Crippen molar-refractivity contribution in [2.75, 3.05) is 0 Å². The van der Waals surface area contributed by atoms with Crippen LogP contribution in [0, 0.1) is 0 Å². The number of nitrogens with zero attached hydrogens (tertiary/aromatic N) is 1. The number of pyridine rings is 1. The average molecular weight is 175 g/mol. The van der Waals surface area contributed by atoms with Gasteiger partial charge in [-0.25, -0.2) is 0 Å². The minimum Gasteiger partial charge on any atom is -0.488 e. The van der Waals surface area contributed by atoms with Crippen molar-refractivity contribution in [2.24, 2.45) is 0 Å². The summed E-state index contributed by atoms with van der Waals surface area (Å²) in [5.74, 6) is 0.873. The van der Waals surface area contributed by atoms with E-state index in [-0.39, 0.29) is 0 Å². The average Bonchev–Trinajstić information content (AvgIpc) is 2.89. The fourth-order valence-electron chi connectivity index (χ4n) is 1.19. The van der Waals surface area contributed by atoms with Gasteiger partial charge in [0, 0.05) is 11.8 Å². The maximum absolute atomic E-state index is 5.69. The summed E-state index contributed by atoms with van der Waals surface area (Å²) in [7, 11) is 0. The predicted molar refractivity (Wildman–Crippen MR) is 52.6 cm³/mol. The van der Waals surface area contributed by atoms with Gasteiger partial charge in [0.15, 0.2) is 0 Å². The summed E-state index contributed by atoms with van der Waals surface area (Å²) in [6, 6.07) is 1.94. The number of aromatic nitrogens is 1. The summed E-state index contributed by atoms with van der Waals surface area (Å²) >= 11 is 0. The lowest BCUT2D eigenvalue weighted by atomic mass is 10.1. The molecule has 1 heterocycles. The Hall–Kier alpha value is -1.31. The van der Waals surface area contributed by atoms with Gasteiger partial charge in [0.25, 0.3) is 0 Å². The van der Waals surface area contributed by atoms with E-state index in [4.69, 9.17) is 4.74 Å². The van der Waals surface area contributed by atoms with Gasteiger partial charge in [-0.2, -0.15) is 0 Å². The molecular formula is C11H13NO. The molecule has 1 aromatic rings. The summed E-state index contributed by atoms with van der Waals surface area (Å²) in [6.45, 7) is 5.89. The van der Waals surface area contributed by atoms with Crippen molar-refractivity contribution < 1.29 is 4.74 Å². The first kappa shape index (κ1) is 8.30. The van der Waals surface area contributed by atoms with Gasteiger partial charge in [-0.1, -0.05) is 6.58 Å². The van der Waals surface area contributed by atoms with Crippen LogP contribution in [0.5, 0.6) is 5.75 Å². The molecule has 0 aromatic carbocycles. The molecule has 0 aliphatic heterocycles. The fraction of sp³-hybridized carbons (Fsp3) is 0.364. The summed E-state index contributed by atoms with van der Waals surface area (Å²) in [6.07, 6.45) is 6.29. The van der Waals surface area contributed by atoms with Crippen LogP contribution in [0.2, 0.25) is 0 Å². The molecule has 68 valence electrons. The highest BCUT2D eigenvalue weighted by Gasteiger charge is 2.24. The topological polar surface area (TPSA) is 22.1 Å². The molecule has 1 saturated carbocycles. The smallest absolute Gasteiger partial charge is 0.145 e. The van der Waals surface area contributed by atoms with E-state index >= 15 is 0 Å². The third-order valence-electron chi connectivity index (χ3n) is 2.06. The Morgan fingerprint density at radius 2 is 2.38 bits per heavy atom. The summed E-state index contributed by atoms with van der Waals surface area (Å²) in [5.41, 5.74) is 2.10. The maximum Gasteiger partial charge on any atom is 0.145 e. The Labute approximate surface area is 78.3 Å². The van der Waals surface area contributed by atoms with Crippen molar-refractivity contribution in [1.29, 1.82) is 0 Å². The van der Waals surface area contributed by atoms with E-state index in [0.29, 0.717) is 6.10 Å². The van der Waals surface area contributed by atoms with Crippen LogP contribution in [0.1, 0.15) is 25.3 Å². The van der Waals surface area contributed by atoms with Gasteiger partial charge in [0.2, 0.25) is 0 Å². The first-order valence-corrected chi connectivity index (χ1v) is 4.54. The molecule has 1 aliphatic carbocycles. The number of rotatable bonds is 3. The van der Waals surface area contributed by atoms with Crippen LogP contribution in [0.4, 0.5) is 0 Å². The van der Waals surface area contributed by atoms with E-state index < -0.39 is 0 Å². The van der Waals surface area contributed by atoms with E-state index in [0.717, 1.165) is 16.9 Å². The van der Waals surface area contributed by atoms with E-state index in [2.05, 4.69) is 11.6 Å². The zero-order valence-corrected chi connectivity index (χ0v) is 7.79. The van der Waals surface area contributed by atoms with Crippen LogP contribution in [0.25, 0.3) is 5.57 Å². The van der Waals surface area contributed by atoms with Crippen molar-refractivity contribution in [2.45, 2.75) is 25.9 Å². The van der Waals surface area contributed by atoms with Crippen LogP contribution in [0.3, 0.4) is 0 Å². The molecule has 0 amide bonds. The predicted octanol–water partition coefficient (Wildman–Crippen LogP) is 2.66. The molecule has 13 heavy (non-hydrogen) atoms. The van der Waals surface area contributed by atoms with Gasteiger partial charge in [0.1, 0.15) is 5.75 Å². The Morgan fingerprint density at radius 1 is 1.62 bits per heavy atom. The van der Waals surface area contributed by atoms with Crippen LogP contribution < -0.4 is 4.74 Å². The second kappa shape index (κ2) is 3.21. The molecule has 0 saturated heterocycles. The Kier molecular flexibility index (Phi) is 2.05. The van der Waals surface area contributed by atoms with Gasteiger partial charge >= 0.3 is 0 Å². The highest BCUT2D eigenvalue weighted by molar-refractivity contribution is 5.66. The maximum atomic E-state index is 5.69. The standard InChI is InChI=1S/C11H13NO/c1-8(2)10-5-6-12-7-11(10)13-9-3-4-9/h5-7,9H,1,3-4H2,2H3. The summed E-state index contributed by atoms with van der Waals surface area (Å²) in [5, 5.41) is 0. The molecule has 2 nitrogen and oxygen atoms in total. The first-order valence-electron chi connectivity index (χ1n) is 4.54. The quantitative estimate of drug-likeness (QED) is 0.704. The van der Waals surface area contributed by atoms with Gasteiger partial charge in [0.05, 0.1) is 12.3 Å². The molecule has 1 aromatic heterocycles. The zero-order chi connectivity index (χ0) is 9.26. The third kappa shape index (κ3) is 1.89. The molecular weight excluding hydrogens is 162 g/mol. The van der Waals surface area contributed by atoms with Crippen LogP contribution >= 0.6 is 0 Å². The highest BCUT2D eigenvalue weighted by atomic mass is 16.5. The lowest BCUT2D eigenvalue weighted by molar-refractivity contribution is 0.301. The molecule has 0 bridgehead atoms. The van der Waals surface area contributed by atoms with Crippen LogP contribution in [-0.2, 0) is 0 Å². The summed E-state index contributed by atoms with van der Waals surface area (Å²) in [4.78, 5) is 4.04. The number of hydrogen-bond acceptors (Lipinski definition) is 2. The monoisotopic (exact) mass is 175 g/mol.